The summed E-state index contributed by atoms with van der Waals surface area (Å²) in [6.45, 7) is 0.520. The van der Waals surface area contributed by atoms with Gasteiger partial charge in [0.1, 0.15) is 0 Å². The maximum Gasteiger partial charge on any atom is 0.273 e. The van der Waals surface area contributed by atoms with Gasteiger partial charge in [-0.2, -0.15) is 0 Å². The topological polar surface area (TPSA) is 76.3 Å². The number of carbonyl (C=O) groups excluding carboxylic acids is 1. The van der Waals surface area contributed by atoms with E-state index in [0.29, 0.717) is 12.1 Å². The fourth-order valence-electron chi connectivity index (χ4n) is 2.59. The van der Waals surface area contributed by atoms with Crippen molar-refractivity contribution in [2.75, 3.05) is 0 Å². The van der Waals surface area contributed by atoms with Gasteiger partial charge in [-0.3, -0.25) is 19.9 Å². The summed E-state index contributed by atoms with van der Waals surface area (Å²) in [5.74, 6) is -0.0707. The van der Waals surface area contributed by atoms with E-state index < -0.39 is 4.92 Å². The molecule has 1 aliphatic rings. The maximum absolute atomic E-state index is 12.7. The smallest absolute Gasteiger partial charge is 0.273 e. The average Bonchev–Trinajstić information content (AvgIpc) is 3.38. The summed E-state index contributed by atoms with van der Waals surface area (Å²) in [6.07, 6.45) is 5.44. The summed E-state index contributed by atoms with van der Waals surface area (Å²) in [6, 6.07) is 10.4. The fraction of sp³-hybridized carbons (Fsp3) is 0.294. The summed E-state index contributed by atoms with van der Waals surface area (Å²) < 4.78 is 0. The number of hydrogen-bond acceptors (Lipinski definition) is 4. The number of carbonyl (C=O) groups is 1. The largest absolute Gasteiger partial charge is 0.335 e. The van der Waals surface area contributed by atoms with Crippen LogP contribution in [0.2, 0.25) is 0 Å². The van der Waals surface area contributed by atoms with Crippen LogP contribution in [0.5, 0.6) is 0 Å². The first-order valence-corrected chi connectivity index (χ1v) is 7.56. The van der Waals surface area contributed by atoms with Crippen molar-refractivity contribution in [3.05, 3.63) is 70.0 Å². The van der Waals surface area contributed by atoms with Gasteiger partial charge in [0, 0.05) is 36.6 Å². The molecule has 118 valence electrons. The van der Waals surface area contributed by atoms with Gasteiger partial charge in [-0.25, -0.2) is 0 Å². The van der Waals surface area contributed by atoms with E-state index in [1.54, 1.807) is 30.6 Å². The first-order valence-electron chi connectivity index (χ1n) is 7.56. The minimum Gasteiger partial charge on any atom is -0.335 e. The molecule has 3 rings (SSSR count). The molecule has 1 aromatic carbocycles. The molecule has 1 aliphatic carbocycles. The SMILES string of the molecule is O=C(Cc1ccccc1[N+](=O)[O-])N(Cc1ccncc1)C1CC1. The van der Waals surface area contributed by atoms with Gasteiger partial charge >= 0.3 is 0 Å². The minimum atomic E-state index is -0.438. The number of hydrogen-bond donors (Lipinski definition) is 0. The van der Waals surface area contributed by atoms with E-state index in [0.717, 1.165) is 18.4 Å². The van der Waals surface area contributed by atoms with Crippen LogP contribution in [0, 0.1) is 10.1 Å². The molecule has 1 aromatic heterocycles. The summed E-state index contributed by atoms with van der Waals surface area (Å²) >= 11 is 0. The van der Waals surface area contributed by atoms with E-state index in [2.05, 4.69) is 4.98 Å². The monoisotopic (exact) mass is 311 g/mol. The molecular weight excluding hydrogens is 294 g/mol. The highest BCUT2D eigenvalue weighted by atomic mass is 16.6. The molecule has 0 atom stereocenters. The van der Waals surface area contributed by atoms with Gasteiger partial charge in [0.25, 0.3) is 5.69 Å². The van der Waals surface area contributed by atoms with E-state index in [9.17, 15) is 14.9 Å². The third-order valence-electron chi connectivity index (χ3n) is 3.94. The van der Waals surface area contributed by atoms with E-state index in [1.807, 2.05) is 17.0 Å². The molecule has 0 N–H and O–H groups in total. The highest BCUT2D eigenvalue weighted by molar-refractivity contribution is 5.80. The Balaban J connectivity index is 1.76. The molecule has 2 aromatic rings. The second kappa shape index (κ2) is 6.56. The van der Waals surface area contributed by atoms with Gasteiger partial charge in [-0.15, -0.1) is 0 Å². The van der Waals surface area contributed by atoms with Crippen molar-refractivity contribution in [2.45, 2.75) is 31.8 Å². The van der Waals surface area contributed by atoms with Crippen LogP contribution in [-0.4, -0.2) is 26.8 Å². The summed E-state index contributed by atoms with van der Waals surface area (Å²) in [4.78, 5) is 29.1. The van der Waals surface area contributed by atoms with Gasteiger partial charge in [0.15, 0.2) is 0 Å². The Labute approximate surface area is 133 Å². The van der Waals surface area contributed by atoms with Crippen LogP contribution in [0.25, 0.3) is 0 Å². The Kier molecular flexibility index (Phi) is 4.32. The van der Waals surface area contributed by atoms with Gasteiger partial charge in [-0.1, -0.05) is 18.2 Å². The lowest BCUT2D eigenvalue weighted by Gasteiger charge is -2.22. The zero-order chi connectivity index (χ0) is 16.2. The third-order valence-corrected chi connectivity index (χ3v) is 3.94. The predicted octanol–water partition coefficient (Wildman–Crippen LogP) is 2.72. The standard InChI is InChI=1S/C17H17N3O3/c21-17(11-14-3-1-2-4-16(14)20(22)23)19(15-5-6-15)12-13-7-9-18-10-8-13/h1-4,7-10,15H,5-6,11-12H2. The molecule has 1 saturated carbocycles. The molecule has 0 aliphatic heterocycles. The van der Waals surface area contributed by atoms with Crippen molar-refractivity contribution in [1.82, 2.24) is 9.88 Å². The van der Waals surface area contributed by atoms with Gasteiger partial charge in [-0.05, 0) is 30.5 Å². The number of nitrogens with zero attached hydrogens (tertiary/aromatic N) is 3. The molecule has 23 heavy (non-hydrogen) atoms. The summed E-state index contributed by atoms with van der Waals surface area (Å²) in [5.41, 5.74) is 1.48. The zero-order valence-electron chi connectivity index (χ0n) is 12.6. The summed E-state index contributed by atoms with van der Waals surface area (Å²) in [7, 11) is 0. The molecule has 1 heterocycles. The fourth-order valence-corrected chi connectivity index (χ4v) is 2.59. The number of pyridine rings is 1. The van der Waals surface area contributed by atoms with E-state index in [1.165, 1.54) is 6.07 Å². The number of para-hydroxylation sites is 1. The quantitative estimate of drug-likeness (QED) is 0.607. The zero-order valence-corrected chi connectivity index (χ0v) is 12.6. The minimum absolute atomic E-state index is 0.000470. The van der Waals surface area contributed by atoms with Crippen molar-refractivity contribution < 1.29 is 9.72 Å². The predicted molar refractivity (Wildman–Crippen MR) is 84.6 cm³/mol. The molecule has 0 spiro atoms. The highest BCUT2D eigenvalue weighted by Gasteiger charge is 2.33. The average molecular weight is 311 g/mol. The van der Waals surface area contributed by atoms with Crippen molar-refractivity contribution in [1.29, 1.82) is 0 Å². The lowest BCUT2D eigenvalue weighted by atomic mass is 10.1. The first kappa shape index (κ1) is 15.1. The van der Waals surface area contributed by atoms with Crippen LogP contribution in [0.3, 0.4) is 0 Å². The normalized spacial score (nSPS) is 13.6. The number of nitro groups is 1. The van der Waals surface area contributed by atoms with Crippen molar-refractivity contribution in [2.24, 2.45) is 0 Å². The Bertz CT molecular complexity index is 714. The number of rotatable bonds is 6. The number of aromatic nitrogens is 1. The Morgan fingerprint density at radius 3 is 2.57 bits per heavy atom. The highest BCUT2D eigenvalue weighted by Crippen LogP contribution is 2.29. The molecule has 0 saturated heterocycles. The van der Waals surface area contributed by atoms with Crippen molar-refractivity contribution >= 4 is 11.6 Å². The number of amides is 1. The third kappa shape index (κ3) is 3.71. The van der Waals surface area contributed by atoms with E-state index >= 15 is 0 Å². The second-order valence-electron chi connectivity index (χ2n) is 5.67. The molecular formula is C17H17N3O3. The van der Waals surface area contributed by atoms with Crippen LogP contribution in [-0.2, 0) is 17.8 Å². The first-order chi connectivity index (χ1) is 11.1. The molecule has 0 unspecified atom stereocenters. The van der Waals surface area contributed by atoms with Crippen LogP contribution < -0.4 is 0 Å². The second-order valence-corrected chi connectivity index (χ2v) is 5.67. The Morgan fingerprint density at radius 1 is 1.22 bits per heavy atom. The molecule has 6 nitrogen and oxygen atoms in total. The van der Waals surface area contributed by atoms with Crippen LogP contribution in [0.4, 0.5) is 5.69 Å². The van der Waals surface area contributed by atoms with Crippen LogP contribution in [0.1, 0.15) is 24.0 Å². The van der Waals surface area contributed by atoms with Gasteiger partial charge in [0.2, 0.25) is 5.91 Å². The van der Waals surface area contributed by atoms with Gasteiger partial charge < -0.3 is 4.90 Å². The van der Waals surface area contributed by atoms with Gasteiger partial charge in [0.05, 0.1) is 11.3 Å². The van der Waals surface area contributed by atoms with E-state index in [-0.39, 0.29) is 24.1 Å². The molecule has 0 bridgehead atoms. The maximum atomic E-state index is 12.7. The summed E-state index contributed by atoms with van der Waals surface area (Å²) in [5, 5.41) is 11.1. The van der Waals surface area contributed by atoms with Crippen LogP contribution >= 0.6 is 0 Å². The lowest BCUT2D eigenvalue weighted by molar-refractivity contribution is -0.385. The Hall–Kier alpha value is -2.76. The van der Waals surface area contributed by atoms with E-state index in [4.69, 9.17) is 0 Å². The van der Waals surface area contributed by atoms with Crippen molar-refractivity contribution in [3.63, 3.8) is 0 Å². The number of benzene rings is 1. The molecule has 6 heteroatoms. The Morgan fingerprint density at radius 2 is 1.91 bits per heavy atom. The number of nitro benzene ring substituents is 1. The molecule has 0 radical (unpaired) electrons. The van der Waals surface area contributed by atoms with Crippen molar-refractivity contribution in [3.8, 4) is 0 Å². The molecule has 1 fully saturated rings. The molecule has 1 amide bonds. The van der Waals surface area contributed by atoms with Crippen LogP contribution in [0.15, 0.2) is 48.8 Å². The lowest BCUT2D eigenvalue weighted by Crippen LogP contribution is -2.33.